The fourth-order valence-electron chi connectivity index (χ4n) is 2.96. The van der Waals surface area contributed by atoms with E-state index in [0.717, 1.165) is 31.2 Å². The summed E-state index contributed by atoms with van der Waals surface area (Å²) in [7, 11) is -3.14. The number of carbonyl (C=O) groups excluding carboxylic acids is 1. The number of sulfone groups is 1. The highest BCUT2D eigenvalue weighted by molar-refractivity contribution is 7.90. The van der Waals surface area contributed by atoms with Gasteiger partial charge in [0.2, 0.25) is 0 Å². The first-order valence-electron chi connectivity index (χ1n) is 9.43. The number of aryl methyl sites for hydroxylation is 1. The van der Waals surface area contributed by atoms with E-state index in [-0.39, 0.29) is 12.2 Å². The zero-order valence-electron chi connectivity index (χ0n) is 16.7. The third-order valence-electron chi connectivity index (χ3n) is 4.41. The molecule has 1 saturated heterocycles. The smallest absolute Gasteiger partial charge is 0.410 e. The van der Waals surface area contributed by atoms with Gasteiger partial charge >= 0.3 is 6.09 Å². The van der Waals surface area contributed by atoms with Crippen molar-refractivity contribution in [2.45, 2.75) is 63.1 Å². The number of hydrogen-bond donors (Lipinski definition) is 0. The van der Waals surface area contributed by atoms with Crippen LogP contribution in [0, 0.1) is 0 Å². The lowest BCUT2D eigenvalue weighted by Gasteiger charge is -2.33. The first-order chi connectivity index (χ1) is 12.5. The van der Waals surface area contributed by atoms with Crippen LogP contribution in [0.5, 0.6) is 0 Å². The first kappa shape index (κ1) is 21.7. The highest BCUT2D eigenvalue weighted by Crippen LogP contribution is 2.18. The molecule has 2 rings (SSSR count). The molecule has 1 aromatic carbocycles. The largest absolute Gasteiger partial charge is 0.444 e. The lowest BCUT2D eigenvalue weighted by Crippen LogP contribution is -2.43. The normalized spacial score (nSPS) is 16.4. The molecule has 0 spiro atoms. The predicted molar refractivity (Wildman–Crippen MR) is 105 cm³/mol. The van der Waals surface area contributed by atoms with Crippen molar-refractivity contribution >= 4 is 15.9 Å². The Morgan fingerprint density at radius 3 is 2.26 bits per heavy atom. The summed E-state index contributed by atoms with van der Waals surface area (Å²) < 4.78 is 34.3. The summed E-state index contributed by atoms with van der Waals surface area (Å²) >= 11 is 0. The topological polar surface area (TPSA) is 72.9 Å². The molecule has 0 radical (unpaired) electrons. The second kappa shape index (κ2) is 9.06. The van der Waals surface area contributed by atoms with Crippen LogP contribution in [-0.2, 0) is 25.7 Å². The molecule has 0 aromatic heterocycles. The summed E-state index contributed by atoms with van der Waals surface area (Å²) in [5, 5.41) is 0. The second-order valence-corrected chi connectivity index (χ2v) is 10.1. The van der Waals surface area contributed by atoms with Gasteiger partial charge in [0.15, 0.2) is 9.84 Å². The van der Waals surface area contributed by atoms with Gasteiger partial charge in [-0.15, -0.1) is 0 Å². The zero-order chi connectivity index (χ0) is 20.1. The predicted octanol–water partition coefficient (Wildman–Crippen LogP) is 3.44. The van der Waals surface area contributed by atoms with Crippen LogP contribution in [-0.4, -0.2) is 57.1 Å². The fraction of sp³-hybridized carbons (Fsp3) is 0.650. The number of ether oxygens (including phenoxy) is 2. The summed E-state index contributed by atoms with van der Waals surface area (Å²) in [6.45, 7) is 7.59. The Morgan fingerprint density at radius 2 is 1.74 bits per heavy atom. The summed E-state index contributed by atoms with van der Waals surface area (Å²) in [4.78, 5) is 14.1. The molecule has 0 N–H and O–H groups in total. The second-order valence-electron chi connectivity index (χ2n) is 8.06. The van der Waals surface area contributed by atoms with Gasteiger partial charge in [0.25, 0.3) is 0 Å². The Balaban J connectivity index is 1.65. The summed E-state index contributed by atoms with van der Waals surface area (Å²) in [5.74, 6) is 0. The number of rotatable bonds is 6. The minimum atomic E-state index is -3.14. The molecule has 0 saturated carbocycles. The van der Waals surface area contributed by atoms with Crippen molar-refractivity contribution in [3.63, 3.8) is 0 Å². The van der Waals surface area contributed by atoms with Gasteiger partial charge in [0, 0.05) is 26.0 Å². The highest BCUT2D eigenvalue weighted by Gasteiger charge is 2.27. The monoisotopic (exact) mass is 397 g/mol. The van der Waals surface area contributed by atoms with Crippen LogP contribution in [0.1, 0.15) is 45.6 Å². The van der Waals surface area contributed by atoms with Crippen LogP contribution in [0.3, 0.4) is 0 Å². The molecule has 27 heavy (non-hydrogen) atoms. The number of benzene rings is 1. The maximum Gasteiger partial charge on any atom is 0.410 e. The molecule has 0 aliphatic carbocycles. The number of nitrogens with zero attached hydrogens (tertiary/aromatic N) is 1. The number of piperidine rings is 1. The van der Waals surface area contributed by atoms with Gasteiger partial charge < -0.3 is 14.4 Å². The third-order valence-corrected chi connectivity index (χ3v) is 5.54. The molecule has 1 aliphatic rings. The molecule has 1 aliphatic heterocycles. The minimum Gasteiger partial charge on any atom is -0.444 e. The van der Waals surface area contributed by atoms with E-state index in [1.807, 2.05) is 32.9 Å². The SMILES string of the molecule is CC(C)(C)OC(=O)N1CCC(OCCCc2ccc(S(C)(=O)=O)cc2)CC1. The first-order valence-corrected chi connectivity index (χ1v) is 11.3. The van der Waals surface area contributed by atoms with Crippen LogP contribution >= 0.6 is 0 Å². The number of amides is 1. The average Bonchev–Trinajstić information content (AvgIpc) is 2.57. The summed E-state index contributed by atoms with van der Waals surface area (Å²) in [5.41, 5.74) is 0.634. The highest BCUT2D eigenvalue weighted by atomic mass is 32.2. The van der Waals surface area contributed by atoms with Gasteiger partial charge in [-0.3, -0.25) is 0 Å². The number of hydrogen-bond acceptors (Lipinski definition) is 5. The Labute approximate surface area is 162 Å². The Kier molecular flexibility index (Phi) is 7.28. The molecule has 152 valence electrons. The van der Waals surface area contributed by atoms with E-state index in [1.165, 1.54) is 6.26 Å². The van der Waals surface area contributed by atoms with Crippen molar-refractivity contribution < 1.29 is 22.7 Å². The lowest BCUT2D eigenvalue weighted by atomic mass is 10.1. The van der Waals surface area contributed by atoms with E-state index < -0.39 is 15.4 Å². The van der Waals surface area contributed by atoms with E-state index >= 15 is 0 Å². The van der Waals surface area contributed by atoms with Crippen LogP contribution in [0.4, 0.5) is 4.79 Å². The van der Waals surface area contributed by atoms with Gasteiger partial charge in [-0.2, -0.15) is 0 Å². The number of carbonyl (C=O) groups is 1. The number of likely N-dealkylation sites (tertiary alicyclic amines) is 1. The van der Waals surface area contributed by atoms with Crippen molar-refractivity contribution in [1.29, 1.82) is 0 Å². The van der Waals surface area contributed by atoms with E-state index in [9.17, 15) is 13.2 Å². The van der Waals surface area contributed by atoms with Crippen LogP contribution < -0.4 is 0 Å². The molecule has 0 atom stereocenters. The molecule has 0 unspecified atom stereocenters. The summed E-state index contributed by atoms with van der Waals surface area (Å²) in [6, 6.07) is 7.02. The molecule has 1 heterocycles. The standard InChI is InChI=1S/C20H31NO5S/c1-20(2,3)26-19(22)21-13-11-17(12-14-21)25-15-5-6-16-7-9-18(10-8-16)27(4,23)24/h7-10,17H,5-6,11-15H2,1-4H3. The quantitative estimate of drug-likeness (QED) is 0.688. The maximum absolute atomic E-state index is 12.0. The Hall–Kier alpha value is -1.60. The molecule has 6 nitrogen and oxygen atoms in total. The van der Waals surface area contributed by atoms with E-state index in [4.69, 9.17) is 9.47 Å². The van der Waals surface area contributed by atoms with Gasteiger partial charge in [0.05, 0.1) is 11.0 Å². The molecule has 0 bridgehead atoms. The Bertz CT molecular complexity index is 714. The molecule has 1 amide bonds. The van der Waals surface area contributed by atoms with Crippen LogP contribution in [0.15, 0.2) is 29.2 Å². The van der Waals surface area contributed by atoms with Gasteiger partial charge in [0.1, 0.15) is 5.60 Å². The molecular formula is C20H31NO5S. The van der Waals surface area contributed by atoms with Crippen molar-refractivity contribution in [2.75, 3.05) is 26.0 Å². The fourth-order valence-corrected chi connectivity index (χ4v) is 3.59. The molecule has 7 heteroatoms. The average molecular weight is 398 g/mol. The van der Waals surface area contributed by atoms with Crippen molar-refractivity contribution in [3.05, 3.63) is 29.8 Å². The van der Waals surface area contributed by atoms with Crippen molar-refractivity contribution in [3.8, 4) is 0 Å². The molecule has 1 aromatic rings. The van der Waals surface area contributed by atoms with Crippen molar-refractivity contribution in [2.24, 2.45) is 0 Å². The van der Waals surface area contributed by atoms with Crippen molar-refractivity contribution in [1.82, 2.24) is 4.90 Å². The zero-order valence-corrected chi connectivity index (χ0v) is 17.5. The third kappa shape index (κ3) is 7.50. The molecule has 1 fully saturated rings. The maximum atomic E-state index is 12.0. The molecular weight excluding hydrogens is 366 g/mol. The van der Waals surface area contributed by atoms with Crippen LogP contribution in [0.25, 0.3) is 0 Å². The van der Waals surface area contributed by atoms with E-state index in [1.54, 1.807) is 17.0 Å². The van der Waals surface area contributed by atoms with Gasteiger partial charge in [-0.25, -0.2) is 13.2 Å². The Morgan fingerprint density at radius 1 is 1.15 bits per heavy atom. The van der Waals surface area contributed by atoms with E-state index in [0.29, 0.717) is 24.6 Å². The van der Waals surface area contributed by atoms with Gasteiger partial charge in [-0.05, 0) is 64.2 Å². The van der Waals surface area contributed by atoms with Crippen LogP contribution in [0.2, 0.25) is 0 Å². The lowest BCUT2D eigenvalue weighted by molar-refractivity contribution is -0.0117. The van der Waals surface area contributed by atoms with E-state index in [2.05, 4.69) is 0 Å². The summed E-state index contributed by atoms with van der Waals surface area (Å²) in [6.07, 6.45) is 4.51. The van der Waals surface area contributed by atoms with Gasteiger partial charge in [-0.1, -0.05) is 12.1 Å². The minimum absolute atomic E-state index is 0.177.